The number of hydrogen-bond donors (Lipinski definition) is 0. The van der Waals surface area contributed by atoms with Crippen molar-refractivity contribution >= 4 is 10.0 Å². The van der Waals surface area contributed by atoms with Gasteiger partial charge in [-0.15, -0.1) is 0 Å². The maximum Gasteiger partial charge on any atom is 0.246 e. The number of aryl methyl sites for hydroxylation is 1. The Morgan fingerprint density at radius 3 is 2.42 bits per heavy atom. The number of hydrogen-bond acceptors (Lipinski definition) is 4. The molecule has 0 N–H and O–H groups in total. The highest BCUT2D eigenvalue weighted by atomic mass is 32.2. The average molecular weight is 346 g/mol. The van der Waals surface area contributed by atoms with Gasteiger partial charge in [0.15, 0.2) is 0 Å². The Morgan fingerprint density at radius 2 is 1.79 bits per heavy atom. The van der Waals surface area contributed by atoms with Crippen LogP contribution in [0.5, 0.6) is 5.75 Å². The van der Waals surface area contributed by atoms with Crippen molar-refractivity contribution in [2.75, 3.05) is 20.2 Å². The third-order valence-corrected chi connectivity index (χ3v) is 6.49. The van der Waals surface area contributed by atoms with Crippen molar-refractivity contribution in [1.29, 1.82) is 0 Å². The molecule has 128 valence electrons. The van der Waals surface area contributed by atoms with Gasteiger partial charge >= 0.3 is 0 Å². The Bertz CT molecular complexity index is 798. The minimum atomic E-state index is -3.54. The predicted molar refractivity (Wildman–Crippen MR) is 92.7 cm³/mol. The second-order valence-corrected chi connectivity index (χ2v) is 8.02. The van der Waals surface area contributed by atoms with Crippen LogP contribution in [0.3, 0.4) is 0 Å². The summed E-state index contributed by atoms with van der Waals surface area (Å²) in [5.41, 5.74) is 2.14. The zero-order chi connectivity index (χ0) is 17.2. The summed E-state index contributed by atoms with van der Waals surface area (Å²) in [6.07, 6.45) is 5.21. The summed E-state index contributed by atoms with van der Waals surface area (Å²) in [6, 6.07) is 9.28. The van der Waals surface area contributed by atoms with Gasteiger partial charge in [-0.2, -0.15) is 4.31 Å². The summed E-state index contributed by atoms with van der Waals surface area (Å²) in [5, 5.41) is 0. The molecule has 0 spiro atoms. The standard InChI is InChI=1S/C18H22N2O3S/c1-14-3-4-17(23-2)18(13-14)24(21,22)20-11-7-16(8-12-20)15-5-9-19-10-6-15/h3-6,9-10,13,16H,7-8,11-12H2,1-2H3. The highest BCUT2D eigenvalue weighted by Crippen LogP contribution is 2.33. The first-order chi connectivity index (χ1) is 11.5. The number of pyridine rings is 1. The van der Waals surface area contributed by atoms with Crippen LogP contribution in [0.1, 0.15) is 29.9 Å². The zero-order valence-electron chi connectivity index (χ0n) is 14.0. The highest BCUT2D eigenvalue weighted by Gasteiger charge is 2.32. The van der Waals surface area contributed by atoms with E-state index in [0.29, 0.717) is 24.8 Å². The molecule has 2 aromatic rings. The zero-order valence-corrected chi connectivity index (χ0v) is 14.8. The molecule has 1 aromatic carbocycles. The normalized spacial score (nSPS) is 16.9. The first kappa shape index (κ1) is 16.9. The van der Waals surface area contributed by atoms with E-state index in [4.69, 9.17) is 4.74 Å². The summed E-state index contributed by atoms with van der Waals surface area (Å²) in [6.45, 7) is 2.92. The molecule has 24 heavy (non-hydrogen) atoms. The summed E-state index contributed by atoms with van der Waals surface area (Å²) in [4.78, 5) is 4.30. The lowest BCUT2D eigenvalue weighted by Crippen LogP contribution is -2.38. The highest BCUT2D eigenvalue weighted by molar-refractivity contribution is 7.89. The van der Waals surface area contributed by atoms with Gasteiger partial charge in [0.1, 0.15) is 10.6 Å². The van der Waals surface area contributed by atoms with Crippen molar-refractivity contribution in [1.82, 2.24) is 9.29 Å². The summed E-state index contributed by atoms with van der Waals surface area (Å²) in [7, 11) is -2.04. The molecule has 0 amide bonds. The van der Waals surface area contributed by atoms with Gasteiger partial charge in [-0.3, -0.25) is 4.98 Å². The van der Waals surface area contributed by atoms with Gasteiger partial charge in [0.25, 0.3) is 0 Å². The molecule has 0 atom stereocenters. The van der Waals surface area contributed by atoms with Gasteiger partial charge in [-0.25, -0.2) is 8.42 Å². The van der Waals surface area contributed by atoms with E-state index in [-0.39, 0.29) is 4.90 Å². The molecule has 1 fully saturated rings. The van der Waals surface area contributed by atoms with Crippen LogP contribution in [-0.2, 0) is 10.0 Å². The van der Waals surface area contributed by atoms with Gasteiger partial charge in [0.2, 0.25) is 10.0 Å². The fourth-order valence-electron chi connectivity index (χ4n) is 3.19. The van der Waals surface area contributed by atoms with Crippen molar-refractivity contribution in [3.63, 3.8) is 0 Å². The average Bonchev–Trinajstić information content (AvgIpc) is 2.62. The minimum Gasteiger partial charge on any atom is -0.495 e. The molecule has 2 heterocycles. The molecule has 1 saturated heterocycles. The molecule has 1 aliphatic heterocycles. The fraction of sp³-hybridized carbons (Fsp3) is 0.389. The van der Waals surface area contributed by atoms with Crippen LogP contribution in [0.2, 0.25) is 0 Å². The SMILES string of the molecule is COc1ccc(C)cc1S(=O)(=O)N1CCC(c2ccncc2)CC1. The molecule has 1 aliphatic rings. The van der Waals surface area contributed by atoms with Crippen molar-refractivity contribution < 1.29 is 13.2 Å². The van der Waals surface area contributed by atoms with E-state index < -0.39 is 10.0 Å². The second kappa shape index (κ2) is 6.91. The summed E-state index contributed by atoms with van der Waals surface area (Å²) < 4.78 is 32.8. The quantitative estimate of drug-likeness (QED) is 0.854. The monoisotopic (exact) mass is 346 g/mol. The molecule has 6 heteroatoms. The van der Waals surface area contributed by atoms with E-state index in [1.807, 2.05) is 25.1 Å². The molecular weight excluding hydrogens is 324 g/mol. The lowest BCUT2D eigenvalue weighted by Gasteiger charge is -2.31. The number of rotatable bonds is 4. The third-order valence-electron chi connectivity index (χ3n) is 4.57. The van der Waals surface area contributed by atoms with Gasteiger partial charge in [0, 0.05) is 25.5 Å². The second-order valence-electron chi connectivity index (χ2n) is 6.11. The third kappa shape index (κ3) is 3.30. The molecule has 0 saturated carbocycles. The molecule has 0 unspecified atom stereocenters. The van der Waals surface area contributed by atoms with E-state index in [1.165, 1.54) is 12.7 Å². The van der Waals surface area contributed by atoms with Gasteiger partial charge in [-0.05, 0) is 61.1 Å². The van der Waals surface area contributed by atoms with Crippen molar-refractivity contribution in [3.8, 4) is 5.75 Å². The van der Waals surface area contributed by atoms with Crippen molar-refractivity contribution in [2.24, 2.45) is 0 Å². The number of nitrogens with zero attached hydrogens (tertiary/aromatic N) is 2. The maximum atomic E-state index is 13.0. The predicted octanol–water partition coefficient (Wildman–Crippen LogP) is 2.97. The molecule has 0 aliphatic carbocycles. The van der Waals surface area contributed by atoms with E-state index in [0.717, 1.165) is 18.4 Å². The van der Waals surface area contributed by atoms with Crippen LogP contribution in [-0.4, -0.2) is 37.9 Å². The fourth-order valence-corrected chi connectivity index (χ4v) is 4.90. The van der Waals surface area contributed by atoms with Crippen LogP contribution in [0.15, 0.2) is 47.6 Å². The molecule has 3 rings (SSSR count). The number of aromatic nitrogens is 1. The van der Waals surface area contributed by atoms with Crippen molar-refractivity contribution in [3.05, 3.63) is 53.9 Å². The Kier molecular flexibility index (Phi) is 4.87. The number of sulfonamides is 1. The van der Waals surface area contributed by atoms with Crippen LogP contribution in [0.4, 0.5) is 0 Å². The smallest absolute Gasteiger partial charge is 0.246 e. The number of piperidine rings is 1. The van der Waals surface area contributed by atoms with Crippen LogP contribution in [0, 0.1) is 6.92 Å². The van der Waals surface area contributed by atoms with E-state index in [9.17, 15) is 8.42 Å². The first-order valence-electron chi connectivity index (χ1n) is 8.07. The van der Waals surface area contributed by atoms with Crippen LogP contribution >= 0.6 is 0 Å². The van der Waals surface area contributed by atoms with Crippen LogP contribution in [0.25, 0.3) is 0 Å². The number of methoxy groups -OCH3 is 1. The largest absolute Gasteiger partial charge is 0.495 e. The van der Waals surface area contributed by atoms with E-state index >= 15 is 0 Å². The topological polar surface area (TPSA) is 59.5 Å². The minimum absolute atomic E-state index is 0.257. The Hall–Kier alpha value is -1.92. The van der Waals surface area contributed by atoms with E-state index in [2.05, 4.69) is 4.98 Å². The maximum absolute atomic E-state index is 13.0. The molecule has 5 nitrogen and oxygen atoms in total. The molecule has 0 radical (unpaired) electrons. The molecule has 1 aromatic heterocycles. The van der Waals surface area contributed by atoms with Crippen molar-refractivity contribution in [2.45, 2.75) is 30.6 Å². The first-order valence-corrected chi connectivity index (χ1v) is 9.51. The Balaban J connectivity index is 1.79. The number of ether oxygens (including phenoxy) is 1. The van der Waals surface area contributed by atoms with E-state index in [1.54, 1.807) is 28.8 Å². The van der Waals surface area contributed by atoms with Gasteiger partial charge in [0.05, 0.1) is 7.11 Å². The lowest BCUT2D eigenvalue weighted by atomic mass is 9.91. The van der Waals surface area contributed by atoms with Gasteiger partial charge in [-0.1, -0.05) is 6.07 Å². The Morgan fingerprint density at radius 1 is 1.12 bits per heavy atom. The Labute approximate surface area is 143 Å². The van der Waals surface area contributed by atoms with Gasteiger partial charge < -0.3 is 4.74 Å². The molecular formula is C18H22N2O3S. The van der Waals surface area contributed by atoms with Crippen LogP contribution < -0.4 is 4.74 Å². The summed E-state index contributed by atoms with van der Waals surface area (Å²) >= 11 is 0. The summed E-state index contributed by atoms with van der Waals surface area (Å²) in [5.74, 6) is 0.788. The lowest BCUT2D eigenvalue weighted by molar-refractivity contribution is 0.317. The molecule has 0 bridgehead atoms. The number of benzene rings is 1.